The van der Waals surface area contributed by atoms with Crippen LogP contribution < -0.4 is 0 Å². The largest absolute Gasteiger partial charge is 0.377 e. The monoisotopic (exact) mass is 232 g/mol. The first-order valence-corrected chi connectivity index (χ1v) is 7.19. The molecular formula is C16H24O. The summed E-state index contributed by atoms with van der Waals surface area (Å²) in [6, 6.07) is 0. The lowest BCUT2D eigenvalue weighted by atomic mass is 9.69. The zero-order chi connectivity index (χ0) is 11.8. The quantitative estimate of drug-likeness (QED) is 0.618. The minimum absolute atomic E-state index is 0.475. The fraction of sp³-hybridized carbons (Fsp3) is 0.750. The van der Waals surface area contributed by atoms with Gasteiger partial charge in [-0.05, 0) is 57.3 Å². The van der Waals surface area contributed by atoms with E-state index in [0.29, 0.717) is 12.0 Å². The molecule has 0 unspecified atom stereocenters. The van der Waals surface area contributed by atoms with E-state index in [1.54, 1.807) is 5.57 Å². The van der Waals surface area contributed by atoms with Crippen LogP contribution in [0.15, 0.2) is 23.8 Å². The normalized spacial score (nSPS) is 42.2. The zero-order valence-electron chi connectivity index (χ0n) is 11.0. The van der Waals surface area contributed by atoms with Gasteiger partial charge in [-0.1, -0.05) is 23.8 Å². The number of hydrogen-bond donors (Lipinski definition) is 0. The predicted molar refractivity (Wildman–Crippen MR) is 70.8 cm³/mol. The lowest BCUT2D eigenvalue weighted by Gasteiger charge is -2.45. The van der Waals surface area contributed by atoms with Gasteiger partial charge < -0.3 is 4.74 Å². The molecule has 4 atom stereocenters. The van der Waals surface area contributed by atoms with Crippen molar-refractivity contribution < 1.29 is 4.74 Å². The molecule has 0 amide bonds. The van der Waals surface area contributed by atoms with Crippen LogP contribution in [0.2, 0.25) is 0 Å². The van der Waals surface area contributed by atoms with Crippen molar-refractivity contribution in [3.8, 4) is 0 Å². The summed E-state index contributed by atoms with van der Waals surface area (Å²) in [5, 5.41) is 0. The first kappa shape index (κ1) is 11.5. The SMILES string of the molecule is C=C1CC[C@@H]2CO[C@@H]([C@@H]3CCC=C(C)C3)[C@@H]1C2. The van der Waals surface area contributed by atoms with Gasteiger partial charge in [0.1, 0.15) is 0 Å². The molecule has 0 aromatic carbocycles. The molecule has 1 saturated carbocycles. The molecule has 94 valence electrons. The van der Waals surface area contributed by atoms with Crippen molar-refractivity contribution >= 4 is 0 Å². The second kappa shape index (κ2) is 4.61. The van der Waals surface area contributed by atoms with Crippen molar-refractivity contribution in [2.75, 3.05) is 6.61 Å². The topological polar surface area (TPSA) is 9.23 Å². The Bertz CT molecular complexity index is 341. The average molecular weight is 232 g/mol. The molecule has 2 bridgehead atoms. The van der Waals surface area contributed by atoms with Gasteiger partial charge in [0.25, 0.3) is 0 Å². The molecule has 3 rings (SSSR count). The van der Waals surface area contributed by atoms with Gasteiger partial charge in [-0.25, -0.2) is 0 Å². The first-order chi connectivity index (χ1) is 8.24. The van der Waals surface area contributed by atoms with Crippen LogP contribution in [-0.2, 0) is 4.74 Å². The lowest BCUT2D eigenvalue weighted by molar-refractivity contribution is -0.0881. The van der Waals surface area contributed by atoms with Gasteiger partial charge in [0.05, 0.1) is 6.10 Å². The van der Waals surface area contributed by atoms with Crippen LogP contribution in [0.5, 0.6) is 0 Å². The summed E-state index contributed by atoms with van der Waals surface area (Å²) in [5.74, 6) is 2.24. The van der Waals surface area contributed by atoms with Crippen LogP contribution in [-0.4, -0.2) is 12.7 Å². The summed E-state index contributed by atoms with van der Waals surface area (Å²) in [6.07, 6.45) is 10.6. The zero-order valence-corrected chi connectivity index (χ0v) is 11.0. The highest BCUT2D eigenvalue weighted by atomic mass is 16.5. The minimum Gasteiger partial charge on any atom is -0.377 e. The Hall–Kier alpha value is -0.560. The van der Waals surface area contributed by atoms with Crippen molar-refractivity contribution in [2.24, 2.45) is 17.8 Å². The molecule has 1 heteroatoms. The molecule has 1 saturated heterocycles. The maximum atomic E-state index is 6.22. The summed E-state index contributed by atoms with van der Waals surface area (Å²) >= 11 is 0. The van der Waals surface area contributed by atoms with Gasteiger partial charge >= 0.3 is 0 Å². The molecule has 1 heterocycles. The summed E-state index contributed by atoms with van der Waals surface area (Å²) in [6.45, 7) is 7.58. The predicted octanol–water partition coefficient (Wildman–Crippen LogP) is 4.10. The molecule has 1 nitrogen and oxygen atoms in total. The number of hydrogen-bond acceptors (Lipinski definition) is 1. The van der Waals surface area contributed by atoms with E-state index in [4.69, 9.17) is 4.74 Å². The Kier molecular flexibility index (Phi) is 3.12. The first-order valence-electron chi connectivity index (χ1n) is 7.19. The van der Waals surface area contributed by atoms with Crippen molar-refractivity contribution in [2.45, 2.75) is 51.6 Å². The molecule has 0 radical (unpaired) electrons. The van der Waals surface area contributed by atoms with Gasteiger partial charge in [0.2, 0.25) is 0 Å². The number of fused-ring (bicyclic) bond motifs is 2. The number of ether oxygens (including phenoxy) is 1. The Labute approximate surface area is 105 Å². The summed E-state index contributed by atoms with van der Waals surface area (Å²) in [7, 11) is 0. The van der Waals surface area contributed by atoms with Crippen LogP contribution in [0.25, 0.3) is 0 Å². The highest BCUT2D eigenvalue weighted by Crippen LogP contribution is 2.44. The van der Waals surface area contributed by atoms with Gasteiger partial charge in [0, 0.05) is 12.5 Å². The van der Waals surface area contributed by atoms with Gasteiger partial charge in [0.15, 0.2) is 0 Å². The van der Waals surface area contributed by atoms with E-state index >= 15 is 0 Å². The summed E-state index contributed by atoms with van der Waals surface area (Å²) in [5.41, 5.74) is 3.03. The van der Waals surface area contributed by atoms with E-state index in [1.165, 1.54) is 44.1 Å². The van der Waals surface area contributed by atoms with Crippen molar-refractivity contribution in [3.63, 3.8) is 0 Å². The van der Waals surface area contributed by atoms with Gasteiger partial charge in [-0.15, -0.1) is 0 Å². The van der Waals surface area contributed by atoms with E-state index in [-0.39, 0.29) is 0 Å². The van der Waals surface area contributed by atoms with Crippen molar-refractivity contribution in [1.29, 1.82) is 0 Å². The molecule has 0 aromatic rings. The standard InChI is InChI=1S/C16H24O/c1-11-4-3-5-14(8-11)16-15-9-13(10-17-16)7-6-12(15)2/h4,13-16H,2-3,5-10H2,1H3/t13-,14+,15+,16-/m0/s1. The van der Waals surface area contributed by atoms with E-state index in [1.807, 2.05) is 0 Å². The maximum Gasteiger partial charge on any atom is 0.0671 e. The summed E-state index contributed by atoms with van der Waals surface area (Å²) in [4.78, 5) is 0. The van der Waals surface area contributed by atoms with E-state index < -0.39 is 0 Å². The van der Waals surface area contributed by atoms with Crippen molar-refractivity contribution in [3.05, 3.63) is 23.8 Å². The Balaban J connectivity index is 1.74. The third-order valence-electron chi connectivity index (χ3n) is 4.99. The second-order valence-electron chi connectivity index (χ2n) is 6.30. The molecule has 2 fully saturated rings. The lowest BCUT2D eigenvalue weighted by Crippen LogP contribution is -2.43. The minimum atomic E-state index is 0.475. The molecule has 0 N–H and O–H groups in total. The fourth-order valence-electron chi connectivity index (χ4n) is 3.99. The van der Waals surface area contributed by atoms with E-state index in [9.17, 15) is 0 Å². The van der Waals surface area contributed by atoms with Crippen LogP contribution in [0, 0.1) is 17.8 Å². The second-order valence-corrected chi connectivity index (χ2v) is 6.30. The smallest absolute Gasteiger partial charge is 0.0671 e. The fourth-order valence-corrected chi connectivity index (χ4v) is 3.99. The third kappa shape index (κ3) is 2.22. The van der Waals surface area contributed by atoms with Gasteiger partial charge in [-0.2, -0.15) is 0 Å². The third-order valence-corrected chi connectivity index (χ3v) is 4.99. The molecule has 2 aliphatic carbocycles. The number of rotatable bonds is 1. The number of allylic oxidation sites excluding steroid dienone is 2. The molecular weight excluding hydrogens is 208 g/mol. The van der Waals surface area contributed by atoms with Crippen LogP contribution in [0.4, 0.5) is 0 Å². The van der Waals surface area contributed by atoms with Crippen LogP contribution in [0.1, 0.15) is 45.4 Å². The molecule has 1 aliphatic heterocycles. The highest BCUT2D eigenvalue weighted by molar-refractivity contribution is 5.13. The van der Waals surface area contributed by atoms with Gasteiger partial charge in [-0.3, -0.25) is 0 Å². The van der Waals surface area contributed by atoms with Crippen LogP contribution >= 0.6 is 0 Å². The summed E-state index contributed by atoms with van der Waals surface area (Å²) < 4.78 is 6.22. The van der Waals surface area contributed by atoms with Crippen molar-refractivity contribution in [1.82, 2.24) is 0 Å². The molecule has 17 heavy (non-hydrogen) atoms. The molecule has 0 spiro atoms. The maximum absolute atomic E-state index is 6.22. The van der Waals surface area contributed by atoms with E-state index in [0.717, 1.165) is 18.4 Å². The Morgan fingerprint density at radius 1 is 1.35 bits per heavy atom. The van der Waals surface area contributed by atoms with E-state index in [2.05, 4.69) is 19.6 Å². The van der Waals surface area contributed by atoms with Crippen LogP contribution in [0.3, 0.4) is 0 Å². The Morgan fingerprint density at radius 2 is 2.24 bits per heavy atom. The molecule has 0 aromatic heterocycles. The highest BCUT2D eigenvalue weighted by Gasteiger charge is 2.40. The Morgan fingerprint density at radius 3 is 3.06 bits per heavy atom. The molecule has 3 aliphatic rings. The average Bonchev–Trinajstić information content (AvgIpc) is 2.34.